The molecule has 0 aromatic carbocycles. The van der Waals surface area contributed by atoms with Crippen LogP contribution in [0.15, 0.2) is 10.6 Å². The van der Waals surface area contributed by atoms with Gasteiger partial charge in [-0.15, -0.1) is 11.8 Å². The molecule has 2 saturated heterocycles. The molecular formula is C18H26N2O6S. The minimum Gasteiger partial charge on any atom is -0.427 e. The van der Waals surface area contributed by atoms with E-state index in [0.717, 1.165) is 18.0 Å². The largest absolute Gasteiger partial charge is 0.427 e. The molecule has 27 heavy (non-hydrogen) atoms. The number of hydrogen-bond donors (Lipinski definition) is 2. The van der Waals surface area contributed by atoms with Gasteiger partial charge in [0.05, 0.1) is 23.5 Å². The lowest BCUT2D eigenvalue weighted by atomic mass is 9.83. The highest BCUT2D eigenvalue weighted by Gasteiger charge is 2.57. The van der Waals surface area contributed by atoms with Crippen LogP contribution in [0.1, 0.15) is 34.1 Å². The molecule has 8 nitrogen and oxygen atoms in total. The van der Waals surface area contributed by atoms with Gasteiger partial charge in [-0.1, -0.05) is 0 Å². The lowest BCUT2D eigenvalue weighted by Crippen LogP contribution is -2.61. The van der Waals surface area contributed by atoms with Gasteiger partial charge in [0.1, 0.15) is 5.70 Å². The lowest BCUT2D eigenvalue weighted by molar-refractivity contribution is -0.175. The van der Waals surface area contributed by atoms with Gasteiger partial charge in [0.2, 0.25) is 12.7 Å². The number of aliphatic hydroxyl groups excluding tert-OH is 1. The fraction of sp³-hybridized carbons (Fsp3) is 0.722. The molecule has 3 atom stereocenters. The highest BCUT2D eigenvalue weighted by Crippen LogP contribution is 2.48. The Morgan fingerprint density at radius 1 is 1.33 bits per heavy atom. The number of fused-ring (bicyclic) bond motifs is 1. The fourth-order valence-corrected chi connectivity index (χ4v) is 4.66. The maximum Gasteiger partial charge on any atom is 0.358 e. The first-order chi connectivity index (χ1) is 12.6. The number of thioether (sulfide) groups is 1. The molecule has 2 unspecified atom stereocenters. The van der Waals surface area contributed by atoms with E-state index in [1.807, 2.05) is 0 Å². The zero-order valence-corrected chi connectivity index (χ0v) is 16.8. The topological polar surface area (TPSA) is 105 Å². The number of nitrogens with one attached hydrogen (secondary N) is 1. The van der Waals surface area contributed by atoms with Crippen LogP contribution in [0, 0.1) is 11.3 Å². The van der Waals surface area contributed by atoms with E-state index in [2.05, 4.69) is 5.32 Å². The standard InChI is InChI=1S/C18H26N2O6S/c1-9(21)13-11-5-12(27-10-6-19-7-10)14(20(11)15(13)22)16(23)25-8-26-17(24)18(2,3)4/h9-11,13,19,21H,5-8H2,1-4H3/t9?,11-,13?/m1/s1. The molecule has 0 aromatic heterocycles. The van der Waals surface area contributed by atoms with Crippen LogP contribution in [0.2, 0.25) is 0 Å². The summed E-state index contributed by atoms with van der Waals surface area (Å²) >= 11 is 1.57. The van der Waals surface area contributed by atoms with Gasteiger partial charge in [-0.05, 0) is 27.7 Å². The smallest absolute Gasteiger partial charge is 0.358 e. The monoisotopic (exact) mass is 398 g/mol. The normalized spacial score (nSPS) is 26.3. The molecule has 3 rings (SSSR count). The van der Waals surface area contributed by atoms with Crippen molar-refractivity contribution in [2.24, 2.45) is 11.3 Å². The predicted octanol–water partition coefficient (Wildman–Crippen LogP) is 0.604. The quantitative estimate of drug-likeness (QED) is 0.381. The van der Waals surface area contributed by atoms with E-state index in [9.17, 15) is 19.5 Å². The molecule has 150 valence electrons. The molecule has 0 aromatic rings. The van der Waals surface area contributed by atoms with Gasteiger partial charge in [-0.25, -0.2) is 4.79 Å². The van der Waals surface area contributed by atoms with Crippen LogP contribution < -0.4 is 5.32 Å². The number of nitrogens with zero attached hydrogens (tertiary/aromatic N) is 1. The van der Waals surface area contributed by atoms with E-state index in [1.165, 1.54) is 4.90 Å². The summed E-state index contributed by atoms with van der Waals surface area (Å²) in [5.41, 5.74) is -0.467. The van der Waals surface area contributed by atoms with E-state index in [1.54, 1.807) is 39.5 Å². The van der Waals surface area contributed by atoms with Gasteiger partial charge in [0.25, 0.3) is 0 Å². The molecular weight excluding hydrogens is 372 g/mol. The number of carbonyl (C=O) groups excluding carboxylic acids is 3. The number of β-lactam (4-membered cyclic amide) rings is 1. The number of ether oxygens (including phenoxy) is 2. The van der Waals surface area contributed by atoms with Crippen LogP contribution in [0.25, 0.3) is 0 Å². The second kappa shape index (κ2) is 7.44. The van der Waals surface area contributed by atoms with Crippen molar-refractivity contribution in [3.63, 3.8) is 0 Å². The van der Waals surface area contributed by atoms with Crippen LogP contribution in [-0.4, -0.2) is 65.1 Å². The third-order valence-corrected chi connectivity index (χ3v) is 6.24. The van der Waals surface area contributed by atoms with Gasteiger partial charge in [-0.2, -0.15) is 0 Å². The van der Waals surface area contributed by atoms with Gasteiger partial charge in [0.15, 0.2) is 0 Å². The first-order valence-electron chi connectivity index (χ1n) is 9.07. The Morgan fingerprint density at radius 2 is 2.00 bits per heavy atom. The molecule has 3 aliphatic rings. The molecule has 0 radical (unpaired) electrons. The Bertz CT molecular complexity index is 680. The van der Waals surface area contributed by atoms with E-state index in [4.69, 9.17) is 9.47 Å². The molecule has 0 saturated carbocycles. The van der Waals surface area contributed by atoms with Crippen LogP contribution in [0.5, 0.6) is 0 Å². The van der Waals surface area contributed by atoms with Crippen LogP contribution in [0.3, 0.4) is 0 Å². The second-order valence-electron chi connectivity index (χ2n) is 8.15. The molecule has 0 spiro atoms. The first kappa shape index (κ1) is 20.2. The van der Waals surface area contributed by atoms with Gasteiger partial charge < -0.3 is 24.8 Å². The average molecular weight is 398 g/mol. The van der Waals surface area contributed by atoms with Crippen molar-refractivity contribution in [3.8, 4) is 0 Å². The highest BCUT2D eigenvalue weighted by molar-refractivity contribution is 8.03. The summed E-state index contributed by atoms with van der Waals surface area (Å²) in [5.74, 6) is -1.91. The Kier molecular flexibility index (Phi) is 5.56. The summed E-state index contributed by atoms with van der Waals surface area (Å²) in [5, 5.41) is 13.4. The number of hydrogen-bond acceptors (Lipinski definition) is 8. The molecule has 2 N–H and O–H groups in total. The van der Waals surface area contributed by atoms with Crippen molar-refractivity contribution in [1.29, 1.82) is 0 Å². The van der Waals surface area contributed by atoms with Crippen molar-refractivity contribution in [3.05, 3.63) is 10.6 Å². The Labute approximate surface area is 162 Å². The van der Waals surface area contributed by atoms with Gasteiger partial charge >= 0.3 is 11.9 Å². The van der Waals surface area contributed by atoms with Gasteiger partial charge in [-0.3, -0.25) is 9.59 Å². The number of esters is 2. The van der Waals surface area contributed by atoms with Crippen LogP contribution in [0.4, 0.5) is 0 Å². The van der Waals surface area contributed by atoms with Crippen molar-refractivity contribution in [1.82, 2.24) is 10.2 Å². The number of aliphatic hydroxyl groups is 1. The van der Waals surface area contributed by atoms with E-state index in [-0.39, 0.29) is 17.6 Å². The highest BCUT2D eigenvalue weighted by atomic mass is 32.2. The average Bonchev–Trinajstić information content (AvgIpc) is 2.83. The Hall–Kier alpha value is -1.58. The van der Waals surface area contributed by atoms with E-state index < -0.39 is 36.2 Å². The van der Waals surface area contributed by atoms with Crippen LogP contribution in [-0.2, 0) is 23.9 Å². The third kappa shape index (κ3) is 3.86. The summed E-state index contributed by atoms with van der Waals surface area (Å²) in [6.07, 6.45) is -0.229. The summed E-state index contributed by atoms with van der Waals surface area (Å²) in [6.45, 7) is 7.90. The molecule has 0 bridgehead atoms. The van der Waals surface area contributed by atoms with Gasteiger partial charge in [0, 0.05) is 29.7 Å². The number of carbonyl (C=O) groups is 3. The SMILES string of the molecule is CC(O)C1C(=O)N2C(C(=O)OCOC(=O)C(C)(C)C)=C(SC3CNC3)C[C@H]12. The van der Waals surface area contributed by atoms with Crippen LogP contribution >= 0.6 is 11.8 Å². The maximum absolute atomic E-state index is 12.6. The van der Waals surface area contributed by atoms with Crippen molar-refractivity contribution in [2.45, 2.75) is 51.5 Å². The number of amides is 1. The second-order valence-corrected chi connectivity index (χ2v) is 9.54. The summed E-state index contributed by atoms with van der Waals surface area (Å²) < 4.78 is 10.1. The minimum absolute atomic E-state index is 0.215. The molecule has 0 aliphatic carbocycles. The van der Waals surface area contributed by atoms with E-state index >= 15 is 0 Å². The molecule has 3 aliphatic heterocycles. The summed E-state index contributed by atoms with van der Waals surface area (Å²) in [6, 6.07) is -0.215. The summed E-state index contributed by atoms with van der Waals surface area (Å²) in [4.78, 5) is 39.1. The third-order valence-electron chi connectivity index (χ3n) is 4.93. The molecule has 3 heterocycles. The van der Waals surface area contributed by atoms with E-state index in [0.29, 0.717) is 11.7 Å². The fourth-order valence-electron chi connectivity index (χ4n) is 3.29. The summed E-state index contributed by atoms with van der Waals surface area (Å²) in [7, 11) is 0. The predicted molar refractivity (Wildman–Crippen MR) is 98.2 cm³/mol. The van der Waals surface area contributed by atoms with Crippen molar-refractivity contribution >= 4 is 29.6 Å². The van der Waals surface area contributed by atoms with Crippen molar-refractivity contribution < 1.29 is 29.0 Å². The van der Waals surface area contributed by atoms with Crippen molar-refractivity contribution in [2.75, 3.05) is 19.9 Å². The molecule has 9 heteroatoms. The molecule has 1 amide bonds. The number of rotatable bonds is 6. The Balaban J connectivity index is 1.68. The zero-order valence-electron chi connectivity index (χ0n) is 16.0. The Morgan fingerprint density at radius 3 is 2.52 bits per heavy atom. The minimum atomic E-state index is -0.765. The first-order valence-corrected chi connectivity index (χ1v) is 9.95. The maximum atomic E-state index is 12.6. The zero-order chi connectivity index (χ0) is 19.9. The molecule has 2 fully saturated rings. The lowest BCUT2D eigenvalue weighted by Gasteiger charge is -2.44.